The number of nitrogens with zero attached hydrogens (tertiary/aromatic N) is 1. The fraction of sp³-hybridized carbons (Fsp3) is 0.471. The van der Waals surface area contributed by atoms with Gasteiger partial charge in [0.2, 0.25) is 0 Å². The van der Waals surface area contributed by atoms with E-state index in [9.17, 15) is 18.0 Å². The Morgan fingerprint density at radius 1 is 0.976 bits per heavy atom. The highest BCUT2D eigenvalue weighted by molar-refractivity contribution is 5.87. The highest BCUT2D eigenvalue weighted by Gasteiger charge is 2.41. The second kappa shape index (κ2) is 13.7. The molecule has 1 heterocycles. The zero-order valence-electron chi connectivity index (χ0n) is 24.1. The Labute approximate surface area is 245 Å². The van der Waals surface area contributed by atoms with Crippen LogP contribution in [0.5, 0.6) is 5.75 Å². The molecule has 2 aromatic carbocycles. The van der Waals surface area contributed by atoms with Gasteiger partial charge in [0, 0.05) is 11.7 Å². The molecule has 1 N–H and O–H groups in total. The van der Waals surface area contributed by atoms with Gasteiger partial charge in [-0.25, -0.2) is 9.78 Å². The quantitative estimate of drug-likeness (QED) is 0.247. The van der Waals surface area contributed by atoms with Crippen molar-refractivity contribution in [1.82, 2.24) is 10.3 Å². The van der Waals surface area contributed by atoms with Crippen molar-refractivity contribution < 1.29 is 27.4 Å². The molecule has 224 valence electrons. The van der Waals surface area contributed by atoms with Crippen LogP contribution >= 0.6 is 0 Å². The van der Waals surface area contributed by atoms with E-state index >= 15 is 0 Å². The second-order valence-corrected chi connectivity index (χ2v) is 11.3. The van der Waals surface area contributed by atoms with Crippen LogP contribution in [0.25, 0.3) is 0 Å². The summed E-state index contributed by atoms with van der Waals surface area (Å²) in [5.41, 5.74) is 5.75. The van der Waals surface area contributed by atoms with Crippen molar-refractivity contribution >= 4 is 5.97 Å². The van der Waals surface area contributed by atoms with Gasteiger partial charge in [0.1, 0.15) is 18.1 Å². The minimum atomic E-state index is -4.08. The molecule has 0 amide bonds. The van der Waals surface area contributed by atoms with Crippen molar-refractivity contribution in [3.8, 4) is 5.75 Å². The third-order valence-corrected chi connectivity index (χ3v) is 8.57. The molecule has 0 aliphatic heterocycles. The number of hydrogen-bond donors (Lipinski definition) is 1. The lowest BCUT2D eigenvalue weighted by molar-refractivity contribution is -0.182. The first-order chi connectivity index (χ1) is 20.3. The fourth-order valence-corrected chi connectivity index (χ4v) is 6.22. The Morgan fingerprint density at radius 3 is 2.48 bits per heavy atom. The van der Waals surface area contributed by atoms with Gasteiger partial charge in [0.15, 0.2) is 0 Å². The largest absolute Gasteiger partial charge is 0.489 e. The minimum absolute atomic E-state index is 0.188. The number of esters is 1. The van der Waals surface area contributed by atoms with E-state index < -0.39 is 12.1 Å². The molecule has 1 atom stereocenters. The van der Waals surface area contributed by atoms with E-state index in [0.717, 1.165) is 65.9 Å². The molecule has 2 aliphatic carbocycles. The molecule has 1 unspecified atom stereocenters. The van der Waals surface area contributed by atoms with Gasteiger partial charge in [-0.2, -0.15) is 13.2 Å². The summed E-state index contributed by atoms with van der Waals surface area (Å²) in [6.07, 6.45) is 1.21. The molecule has 5 rings (SSSR count). The molecule has 1 fully saturated rings. The summed E-state index contributed by atoms with van der Waals surface area (Å²) in [5.74, 6) is -0.496. The van der Waals surface area contributed by atoms with Crippen LogP contribution in [0, 0.1) is 5.92 Å². The number of carbonyl (C=O) groups is 1. The Bertz CT molecular complexity index is 1330. The first-order valence-electron chi connectivity index (χ1n) is 15.1. The standard InChI is InChI=1S/C34H39F3N2O3/c1-2-41-33(40)31-19-18-28-29(7-5-8-30(28)39-31)38-21-20-26-6-3-4-9-32(26)42-22-23-10-12-24(13-11-23)25-14-16-27(17-15-25)34(35,36)37/h3-4,6,9-13,18-19,25,27,29,38H,2,5,7-8,14-17,20-22H2,1H3. The lowest BCUT2D eigenvalue weighted by Gasteiger charge is -2.30. The molecule has 0 bridgehead atoms. The van der Waals surface area contributed by atoms with E-state index in [-0.39, 0.29) is 30.8 Å². The van der Waals surface area contributed by atoms with Crippen molar-refractivity contribution in [3.63, 3.8) is 0 Å². The number of carbonyl (C=O) groups excluding carboxylic acids is 1. The molecular formula is C34H39F3N2O3. The lowest BCUT2D eigenvalue weighted by Crippen LogP contribution is -2.28. The summed E-state index contributed by atoms with van der Waals surface area (Å²) in [7, 11) is 0. The van der Waals surface area contributed by atoms with Gasteiger partial charge in [-0.1, -0.05) is 48.5 Å². The number of rotatable bonds is 10. The number of pyridine rings is 1. The monoisotopic (exact) mass is 580 g/mol. The number of fused-ring (bicyclic) bond motifs is 1. The lowest BCUT2D eigenvalue weighted by atomic mass is 9.78. The Hall–Kier alpha value is -3.39. The Kier molecular flexibility index (Phi) is 9.83. The van der Waals surface area contributed by atoms with Crippen LogP contribution in [0.4, 0.5) is 13.2 Å². The van der Waals surface area contributed by atoms with E-state index in [4.69, 9.17) is 9.47 Å². The molecule has 1 aromatic heterocycles. The maximum absolute atomic E-state index is 13.0. The van der Waals surface area contributed by atoms with E-state index in [1.165, 1.54) is 0 Å². The van der Waals surface area contributed by atoms with Crippen LogP contribution in [0.2, 0.25) is 0 Å². The third kappa shape index (κ3) is 7.51. The summed E-state index contributed by atoms with van der Waals surface area (Å²) in [6, 6.07) is 20.1. The maximum atomic E-state index is 13.0. The highest BCUT2D eigenvalue weighted by atomic mass is 19.4. The molecule has 5 nitrogen and oxygen atoms in total. The first-order valence-corrected chi connectivity index (χ1v) is 15.1. The van der Waals surface area contributed by atoms with E-state index in [2.05, 4.69) is 16.4 Å². The number of hydrogen-bond acceptors (Lipinski definition) is 5. The summed E-state index contributed by atoms with van der Waals surface area (Å²) in [5, 5.41) is 3.68. The molecule has 0 saturated heterocycles. The van der Waals surface area contributed by atoms with Crippen molar-refractivity contribution in [2.75, 3.05) is 13.2 Å². The van der Waals surface area contributed by atoms with Crippen molar-refractivity contribution in [3.05, 3.63) is 94.3 Å². The molecule has 8 heteroatoms. The molecule has 0 radical (unpaired) electrons. The number of halogens is 3. The van der Waals surface area contributed by atoms with E-state index in [1.54, 1.807) is 13.0 Å². The summed E-state index contributed by atoms with van der Waals surface area (Å²) in [4.78, 5) is 16.7. The summed E-state index contributed by atoms with van der Waals surface area (Å²) in [6.45, 7) is 3.32. The first kappa shape index (κ1) is 30.1. The van der Waals surface area contributed by atoms with E-state index in [1.807, 2.05) is 48.5 Å². The second-order valence-electron chi connectivity index (χ2n) is 11.3. The van der Waals surface area contributed by atoms with Gasteiger partial charge in [-0.3, -0.25) is 0 Å². The Balaban J connectivity index is 1.12. The van der Waals surface area contributed by atoms with Gasteiger partial charge < -0.3 is 14.8 Å². The maximum Gasteiger partial charge on any atom is 0.391 e. The predicted molar refractivity (Wildman–Crippen MR) is 156 cm³/mol. The van der Waals surface area contributed by atoms with Crippen LogP contribution in [0.1, 0.15) is 95.8 Å². The van der Waals surface area contributed by atoms with Crippen molar-refractivity contribution in [1.29, 1.82) is 0 Å². The van der Waals surface area contributed by atoms with Crippen LogP contribution in [-0.4, -0.2) is 30.3 Å². The van der Waals surface area contributed by atoms with Gasteiger partial charge in [-0.05, 0) is 105 Å². The van der Waals surface area contributed by atoms with Crippen LogP contribution < -0.4 is 10.1 Å². The zero-order chi connectivity index (χ0) is 29.5. The smallest absolute Gasteiger partial charge is 0.391 e. The number of ether oxygens (including phenoxy) is 2. The molecule has 3 aromatic rings. The number of alkyl halides is 3. The van der Waals surface area contributed by atoms with Gasteiger partial charge in [0.25, 0.3) is 0 Å². The van der Waals surface area contributed by atoms with Gasteiger partial charge in [-0.15, -0.1) is 0 Å². The molecule has 1 saturated carbocycles. The zero-order valence-corrected chi connectivity index (χ0v) is 24.1. The summed E-state index contributed by atoms with van der Waals surface area (Å²) < 4.78 is 50.3. The molecule has 42 heavy (non-hydrogen) atoms. The topological polar surface area (TPSA) is 60.5 Å². The van der Waals surface area contributed by atoms with Crippen LogP contribution in [-0.2, 0) is 24.2 Å². The van der Waals surface area contributed by atoms with E-state index in [0.29, 0.717) is 31.7 Å². The number of para-hydroxylation sites is 1. The van der Waals surface area contributed by atoms with Crippen LogP contribution in [0.15, 0.2) is 60.7 Å². The summed E-state index contributed by atoms with van der Waals surface area (Å²) >= 11 is 0. The number of benzene rings is 2. The fourth-order valence-electron chi connectivity index (χ4n) is 6.22. The highest BCUT2D eigenvalue weighted by Crippen LogP contribution is 2.43. The Morgan fingerprint density at radius 2 is 1.74 bits per heavy atom. The molecule has 2 aliphatic rings. The van der Waals surface area contributed by atoms with Crippen molar-refractivity contribution in [2.24, 2.45) is 5.92 Å². The molecular weight excluding hydrogens is 541 g/mol. The molecule has 0 spiro atoms. The predicted octanol–water partition coefficient (Wildman–Crippen LogP) is 7.88. The van der Waals surface area contributed by atoms with Gasteiger partial charge in [0.05, 0.1) is 12.5 Å². The third-order valence-electron chi connectivity index (χ3n) is 8.57. The van der Waals surface area contributed by atoms with Gasteiger partial charge >= 0.3 is 12.1 Å². The average molecular weight is 581 g/mol. The number of aromatic nitrogens is 1. The number of nitrogens with one attached hydrogen (secondary N) is 1. The SMILES string of the molecule is CCOC(=O)c1ccc2c(n1)CCCC2NCCc1ccccc1OCc1ccc(C2CCC(C(F)(F)F)CC2)cc1. The minimum Gasteiger partial charge on any atom is -0.489 e. The van der Waals surface area contributed by atoms with Crippen LogP contribution in [0.3, 0.4) is 0 Å². The normalized spacial score (nSPS) is 20.5. The van der Waals surface area contributed by atoms with Crippen molar-refractivity contribution in [2.45, 2.75) is 83.0 Å². The average Bonchev–Trinajstić information content (AvgIpc) is 3.00. The number of aryl methyl sites for hydroxylation is 1.